The molecule has 1 aliphatic heterocycles. The van der Waals surface area contributed by atoms with E-state index in [1.807, 2.05) is 36.4 Å². The third-order valence-electron chi connectivity index (χ3n) is 8.54. The highest BCUT2D eigenvalue weighted by Crippen LogP contribution is 2.39. The highest BCUT2D eigenvalue weighted by atomic mass is 35.5. The molecule has 1 aromatic heterocycles. The number of para-hydroxylation sites is 2. The van der Waals surface area contributed by atoms with Crippen molar-refractivity contribution >= 4 is 45.9 Å². The summed E-state index contributed by atoms with van der Waals surface area (Å²) >= 11 is 12.7. The molecule has 0 saturated carbocycles. The molecule has 4 aromatic rings. The van der Waals surface area contributed by atoms with E-state index in [9.17, 15) is 9.59 Å². The van der Waals surface area contributed by atoms with Crippen LogP contribution in [0.15, 0.2) is 54.6 Å². The van der Waals surface area contributed by atoms with E-state index in [1.54, 1.807) is 30.1 Å². The lowest BCUT2D eigenvalue weighted by Gasteiger charge is -2.33. The fourth-order valence-electron chi connectivity index (χ4n) is 5.99. The number of methoxy groups -OCH3 is 3. The van der Waals surface area contributed by atoms with Crippen LogP contribution in [-0.2, 0) is 0 Å². The maximum atomic E-state index is 13.6. The lowest BCUT2D eigenvalue weighted by atomic mass is 9.90. The maximum Gasteiger partial charge on any atom is 0.253 e. The number of halogens is 2. The summed E-state index contributed by atoms with van der Waals surface area (Å²) in [6, 6.07) is 16.6. The van der Waals surface area contributed by atoms with Crippen LogP contribution in [0, 0.1) is 5.92 Å². The molecule has 1 aliphatic rings. The fourth-order valence-corrected chi connectivity index (χ4v) is 6.29. The van der Waals surface area contributed by atoms with E-state index < -0.39 is 0 Å². The molecule has 2 heterocycles. The normalized spacial score (nSPS) is 14.7. The van der Waals surface area contributed by atoms with E-state index in [2.05, 4.69) is 14.9 Å². The van der Waals surface area contributed by atoms with Crippen LogP contribution in [-0.4, -0.2) is 86.0 Å². The van der Waals surface area contributed by atoms with E-state index in [0.29, 0.717) is 45.2 Å². The molecule has 1 N–H and O–H groups in total. The lowest BCUT2D eigenvalue weighted by Crippen LogP contribution is -2.38. The molecule has 0 radical (unpaired) electrons. The van der Waals surface area contributed by atoms with Gasteiger partial charge >= 0.3 is 0 Å². The van der Waals surface area contributed by atoms with Crippen LogP contribution in [0.5, 0.6) is 17.2 Å². The Labute approximate surface area is 273 Å². The Morgan fingerprint density at radius 3 is 2.29 bits per heavy atom. The van der Waals surface area contributed by atoms with Gasteiger partial charge in [0.1, 0.15) is 0 Å². The Bertz CT molecular complexity index is 1610. The zero-order valence-electron chi connectivity index (χ0n) is 25.9. The SMILES string of the molecule is COc1cc(C(=O)N(C)CC(CCN2CCC(C(=O)c3nc4ccccc4[nH]3)CC2)c2ccc(Cl)c(Cl)c2)cc(OC)c1OC. The molecule has 238 valence electrons. The number of hydrogen-bond donors (Lipinski definition) is 1. The summed E-state index contributed by atoms with van der Waals surface area (Å²) in [4.78, 5) is 38.6. The molecular weight excluding hydrogens is 615 g/mol. The molecule has 1 saturated heterocycles. The minimum atomic E-state index is -0.177. The molecule has 0 bridgehead atoms. The lowest BCUT2D eigenvalue weighted by molar-refractivity contribution is 0.0779. The molecule has 1 amide bonds. The van der Waals surface area contributed by atoms with Crippen LogP contribution >= 0.6 is 23.2 Å². The van der Waals surface area contributed by atoms with Crippen LogP contribution in [0.1, 0.15) is 51.7 Å². The number of imidazole rings is 1. The third kappa shape index (κ3) is 7.38. The number of rotatable bonds is 12. The standard InChI is InChI=1S/C34H38Cl2N4O5/c1-39(34(42)24-18-29(43-2)32(45-4)30(19-24)44-3)20-23(22-9-10-25(35)26(36)17-22)13-16-40-14-11-21(12-15-40)31(41)33-37-27-7-5-6-8-28(27)38-33/h5-10,17-19,21,23H,11-16,20H2,1-4H3,(H,37,38). The highest BCUT2D eigenvalue weighted by molar-refractivity contribution is 6.42. The number of nitrogens with zero attached hydrogens (tertiary/aromatic N) is 3. The van der Waals surface area contributed by atoms with Gasteiger partial charge in [-0.1, -0.05) is 41.4 Å². The number of likely N-dealkylation sites (tertiary alicyclic amines) is 1. The molecule has 0 spiro atoms. The van der Waals surface area contributed by atoms with Gasteiger partial charge in [-0.2, -0.15) is 0 Å². The van der Waals surface area contributed by atoms with Gasteiger partial charge < -0.3 is 29.0 Å². The zero-order chi connectivity index (χ0) is 32.1. The van der Waals surface area contributed by atoms with Gasteiger partial charge in [0.05, 0.1) is 42.4 Å². The van der Waals surface area contributed by atoms with E-state index in [0.717, 1.165) is 55.5 Å². The first-order valence-electron chi connectivity index (χ1n) is 14.9. The average molecular weight is 654 g/mol. The smallest absolute Gasteiger partial charge is 0.253 e. The number of aromatic amines is 1. The van der Waals surface area contributed by atoms with E-state index in [1.165, 1.54) is 21.3 Å². The number of ether oxygens (including phenoxy) is 3. The number of benzene rings is 3. The van der Waals surface area contributed by atoms with Gasteiger partial charge in [-0.05, 0) is 80.9 Å². The van der Waals surface area contributed by atoms with Gasteiger partial charge in [0.15, 0.2) is 17.3 Å². The van der Waals surface area contributed by atoms with Gasteiger partial charge in [-0.15, -0.1) is 0 Å². The first-order valence-corrected chi connectivity index (χ1v) is 15.7. The second kappa shape index (κ2) is 14.5. The second-order valence-electron chi connectivity index (χ2n) is 11.3. The molecule has 9 nitrogen and oxygen atoms in total. The Kier molecular flexibility index (Phi) is 10.5. The van der Waals surface area contributed by atoms with Gasteiger partial charge in [0.25, 0.3) is 5.91 Å². The van der Waals surface area contributed by atoms with Crippen molar-refractivity contribution in [3.63, 3.8) is 0 Å². The van der Waals surface area contributed by atoms with Gasteiger partial charge in [0.2, 0.25) is 11.5 Å². The molecule has 3 aromatic carbocycles. The van der Waals surface area contributed by atoms with Crippen LogP contribution in [0.2, 0.25) is 10.0 Å². The quantitative estimate of drug-likeness (QED) is 0.169. The molecule has 11 heteroatoms. The summed E-state index contributed by atoms with van der Waals surface area (Å²) in [5.74, 6) is 1.52. The number of amides is 1. The number of H-pyrrole nitrogens is 1. The largest absolute Gasteiger partial charge is 0.493 e. The monoisotopic (exact) mass is 652 g/mol. The number of carbonyl (C=O) groups excluding carboxylic acids is 2. The van der Waals surface area contributed by atoms with E-state index in [4.69, 9.17) is 37.4 Å². The predicted octanol–water partition coefficient (Wildman–Crippen LogP) is 6.74. The number of aromatic nitrogens is 2. The number of hydrogen-bond acceptors (Lipinski definition) is 7. The minimum Gasteiger partial charge on any atom is -0.493 e. The van der Waals surface area contributed by atoms with E-state index >= 15 is 0 Å². The van der Waals surface area contributed by atoms with Crippen molar-refractivity contribution in [1.29, 1.82) is 0 Å². The molecule has 45 heavy (non-hydrogen) atoms. The van der Waals surface area contributed by atoms with Crippen LogP contribution in [0.4, 0.5) is 0 Å². The van der Waals surface area contributed by atoms with Gasteiger partial charge in [-0.25, -0.2) is 4.98 Å². The van der Waals surface area contributed by atoms with Crippen LogP contribution < -0.4 is 14.2 Å². The maximum absolute atomic E-state index is 13.6. The van der Waals surface area contributed by atoms with Crippen molar-refractivity contribution in [3.8, 4) is 17.2 Å². The average Bonchev–Trinajstić information content (AvgIpc) is 3.51. The fraction of sp³-hybridized carbons (Fsp3) is 0.382. The Balaban J connectivity index is 1.25. The van der Waals surface area contributed by atoms with E-state index in [-0.39, 0.29) is 23.5 Å². The molecule has 0 aliphatic carbocycles. The van der Waals surface area contributed by atoms with Crippen molar-refractivity contribution in [1.82, 2.24) is 19.8 Å². The molecule has 1 atom stereocenters. The van der Waals surface area contributed by atoms with Crippen molar-refractivity contribution in [2.24, 2.45) is 5.92 Å². The zero-order valence-corrected chi connectivity index (χ0v) is 27.5. The van der Waals surface area contributed by atoms with Crippen molar-refractivity contribution in [2.75, 3.05) is 54.6 Å². The number of nitrogens with one attached hydrogen (secondary N) is 1. The third-order valence-corrected chi connectivity index (χ3v) is 9.28. The number of piperidine rings is 1. The highest BCUT2D eigenvalue weighted by Gasteiger charge is 2.29. The van der Waals surface area contributed by atoms with Gasteiger partial charge in [-0.3, -0.25) is 9.59 Å². The summed E-state index contributed by atoms with van der Waals surface area (Å²) in [5, 5.41) is 0.958. The number of carbonyl (C=O) groups is 2. The molecule has 5 rings (SSSR count). The molecular formula is C34H38Cl2N4O5. The van der Waals surface area contributed by atoms with Crippen LogP contribution in [0.25, 0.3) is 11.0 Å². The topological polar surface area (TPSA) is 97.0 Å². The molecule has 1 fully saturated rings. The Hall–Kier alpha value is -3.79. The number of fused-ring (bicyclic) bond motifs is 1. The summed E-state index contributed by atoms with van der Waals surface area (Å²) in [5.41, 5.74) is 3.11. The summed E-state index contributed by atoms with van der Waals surface area (Å²) < 4.78 is 16.3. The van der Waals surface area contributed by atoms with Crippen molar-refractivity contribution in [2.45, 2.75) is 25.2 Å². The van der Waals surface area contributed by atoms with Crippen LogP contribution in [0.3, 0.4) is 0 Å². The van der Waals surface area contributed by atoms with Gasteiger partial charge in [0, 0.05) is 31.0 Å². The Morgan fingerprint density at radius 1 is 0.978 bits per heavy atom. The predicted molar refractivity (Wildman–Crippen MR) is 176 cm³/mol. The number of Topliss-reactive ketones (excluding diaryl/α,β-unsaturated/α-hetero) is 1. The summed E-state index contributed by atoms with van der Waals surface area (Å²) in [6.07, 6.45) is 2.33. The number of likely N-dealkylation sites (N-methyl/N-ethyl adjacent to an activating group) is 1. The molecule has 1 unspecified atom stereocenters. The summed E-state index contributed by atoms with van der Waals surface area (Å²) in [7, 11) is 6.35. The summed E-state index contributed by atoms with van der Waals surface area (Å²) in [6.45, 7) is 2.88. The Morgan fingerprint density at radius 2 is 1.67 bits per heavy atom. The second-order valence-corrected chi connectivity index (χ2v) is 12.2. The van der Waals surface area contributed by atoms with Crippen molar-refractivity contribution in [3.05, 3.63) is 81.6 Å². The minimum absolute atomic E-state index is 0.00865. The number of ketones is 1. The first kappa shape index (κ1) is 32.6. The van der Waals surface area contributed by atoms with Crippen molar-refractivity contribution < 1.29 is 23.8 Å². The first-order chi connectivity index (χ1) is 21.7.